The lowest BCUT2D eigenvalue weighted by Gasteiger charge is -2.20. The van der Waals surface area contributed by atoms with E-state index in [4.69, 9.17) is 10.5 Å². The van der Waals surface area contributed by atoms with Crippen LogP contribution in [0.4, 0.5) is 24.7 Å². The third kappa shape index (κ3) is 3.27. The van der Waals surface area contributed by atoms with E-state index in [1.165, 1.54) is 17.3 Å². The molecule has 0 atom stereocenters. The Morgan fingerprint density at radius 3 is 2.66 bits per heavy atom. The van der Waals surface area contributed by atoms with Gasteiger partial charge >= 0.3 is 6.18 Å². The van der Waals surface area contributed by atoms with Crippen LogP contribution in [0, 0.1) is 0 Å². The van der Waals surface area contributed by atoms with Crippen molar-refractivity contribution in [2.75, 3.05) is 23.8 Å². The Morgan fingerprint density at radius 2 is 1.91 bits per heavy atom. The summed E-state index contributed by atoms with van der Waals surface area (Å²) in [6.45, 7) is 0.505. The van der Waals surface area contributed by atoms with Crippen molar-refractivity contribution in [3.63, 3.8) is 0 Å². The first-order valence-electron chi connectivity index (χ1n) is 9.53. The summed E-state index contributed by atoms with van der Waals surface area (Å²) in [5, 5.41) is 0.777. The minimum atomic E-state index is -4.45. The largest absolute Gasteiger partial charge is 0.475 e. The van der Waals surface area contributed by atoms with Gasteiger partial charge in [0.05, 0.1) is 17.6 Å². The first-order valence-corrected chi connectivity index (χ1v) is 9.53. The molecule has 1 aliphatic heterocycles. The first kappa shape index (κ1) is 19.8. The Hall–Kier alpha value is -4.15. The maximum Gasteiger partial charge on any atom is 0.417 e. The molecule has 4 aromatic rings. The summed E-state index contributed by atoms with van der Waals surface area (Å²) in [5.74, 6) is 0.149. The molecule has 3 aromatic heterocycles. The van der Waals surface area contributed by atoms with E-state index in [-0.39, 0.29) is 36.3 Å². The summed E-state index contributed by atoms with van der Waals surface area (Å²) < 4.78 is 45.7. The number of anilines is 2. The van der Waals surface area contributed by atoms with E-state index in [1.54, 1.807) is 35.0 Å². The molecule has 162 valence electrons. The van der Waals surface area contributed by atoms with E-state index in [0.717, 1.165) is 23.2 Å². The molecule has 0 saturated carbocycles. The number of alkyl halides is 3. The van der Waals surface area contributed by atoms with Crippen molar-refractivity contribution in [3.8, 4) is 11.7 Å². The van der Waals surface area contributed by atoms with E-state index >= 15 is 0 Å². The molecule has 4 heterocycles. The highest BCUT2D eigenvalue weighted by Gasteiger charge is 2.31. The van der Waals surface area contributed by atoms with Crippen molar-refractivity contribution < 1.29 is 22.7 Å². The third-order valence-electron chi connectivity index (χ3n) is 5.16. The average molecular weight is 440 g/mol. The van der Waals surface area contributed by atoms with E-state index in [1.807, 2.05) is 0 Å². The predicted molar refractivity (Wildman–Crippen MR) is 110 cm³/mol. The van der Waals surface area contributed by atoms with Crippen LogP contribution in [0.2, 0.25) is 0 Å². The van der Waals surface area contributed by atoms with Crippen LogP contribution in [0.3, 0.4) is 0 Å². The molecule has 0 fully saturated rings. The van der Waals surface area contributed by atoms with Gasteiger partial charge in [-0.3, -0.25) is 4.79 Å². The summed E-state index contributed by atoms with van der Waals surface area (Å²) in [5.41, 5.74) is 6.51. The van der Waals surface area contributed by atoms with Gasteiger partial charge in [-0.15, -0.1) is 0 Å². The van der Waals surface area contributed by atoms with Gasteiger partial charge in [-0.2, -0.15) is 13.2 Å². The Morgan fingerprint density at radius 1 is 1.06 bits per heavy atom. The number of nitrogen functional groups attached to an aromatic ring is 1. The minimum Gasteiger partial charge on any atom is -0.475 e. The van der Waals surface area contributed by atoms with Crippen LogP contribution in [0.5, 0.6) is 5.88 Å². The molecule has 5 rings (SSSR count). The molecule has 2 N–H and O–H groups in total. The van der Waals surface area contributed by atoms with Gasteiger partial charge < -0.3 is 19.9 Å². The van der Waals surface area contributed by atoms with Crippen LogP contribution in [-0.2, 0) is 6.18 Å². The fraction of sp³-hybridized carbons (Fsp3) is 0.143. The molecule has 0 unspecified atom stereocenters. The molecule has 0 spiro atoms. The predicted octanol–water partition coefficient (Wildman–Crippen LogP) is 3.46. The lowest BCUT2D eigenvalue weighted by atomic mass is 10.2. The molecule has 0 saturated heterocycles. The third-order valence-corrected chi connectivity index (χ3v) is 5.16. The zero-order valence-electron chi connectivity index (χ0n) is 16.4. The number of nitrogens with two attached hydrogens (primary N) is 1. The van der Waals surface area contributed by atoms with E-state index in [2.05, 4.69) is 15.0 Å². The second-order valence-electron chi connectivity index (χ2n) is 7.08. The molecule has 1 amide bonds. The van der Waals surface area contributed by atoms with Gasteiger partial charge in [0.15, 0.2) is 0 Å². The summed E-state index contributed by atoms with van der Waals surface area (Å²) >= 11 is 0. The van der Waals surface area contributed by atoms with Gasteiger partial charge in [0.2, 0.25) is 5.88 Å². The molecule has 1 aromatic carbocycles. The molecule has 0 radical (unpaired) electrons. The van der Waals surface area contributed by atoms with Gasteiger partial charge in [0.1, 0.15) is 30.1 Å². The summed E-state index contributed by atoms with van der Waals surface area (Å²) in [6.07, 6.45) is -0.704. The average Bonchev–Trinajstić information content (AvgIpc) is 3.11. The first-order chi connectivity index (χ1) is 15.3. The van der Waals surface area contributed by atoms with Crippen LogP contribution >= 0.6 is 0 Å². The number of nitrogens with zero attached hydrogens (tertiary/aromatic N) is 5. The number of hydrogen-bond acceptors (Lipinski definition) is 6. The number of halogens is 3. The number of carbonyl (C=O) groups excluding carboxylic acids is 1. The normalized spacial score (nSPS) is 14.2. The standard InChI is InChI=1S/C21H15F3N6O2/c22-21(23,24)13-1-4-16(26-10-13)30-6-5-12-9-14(2-3-15(12)30)29-7-8-32-19-17(20(29)31)18(25)27-11-28-19/h1-6,9-11H,7-8H2,(H2,25,27,28). The highest BCUT2D eigenvalue weighted by molar-refractivity contribution is 6.11. The van der Waals surface area contributed by atoms with Gasteiger partial charge in [0, 0.05) is 23.5 Å². The van der Waals surface area contributed by atoms with Gasteiger partial charge in [0.25, 0.3) is 5.91 Å². The lowest BCUT2D eigenvalue weighted by Crippen LogP contribution is -2.32. The van der Waals surface area contributed by atoms with Crippen molar-refractivity contribution >= 4 is 28.3 Å². The van der Waals surface area contributed by atoms with Crippen molar-refractivity contribution in [2.24, 2.45) is 0 Å². The summed E-state index contributed by atoms with van der Waals surface area (Å²) in [4.78, 5) is 26.4. The van der Waals surface area contributed by atoms with E-state index < -0.39 is 11.7 Å². The molecule has 0 bridgehead atoms. The molecule has 0 aliphatic carbocycles. The van der Waals surface area contributed by atoms with Gasteiger partial charge in [-0.1, -0.05) is 0 Å². The zero-order chi connectivity index (χ0) is 22.5. The highest BCUT2D eigenvalue weighted by Crippen LogP contribution is 2.31. The van der Waals surface area contributed by atoms with Gasteiger partial charge in [-0.05, 0) is 36.4 Å². The number of carbonyl (C=O) groups is 1. The number of aromatic nitrogens is 4. The highest BCUT2D eigenvalue weighted by atomic mass is 19.4. The number of rotatable bonds is 2. The topological polar surface area (TPSA) is 99.2 Å². The number of amides is 1. The molecule has 11 heteroatoms. The maximum atomic E-state index is 13.1. The van der Waals surface area contributed by atoms with E-state index in [9.17, 15) is 18.0 Å². The van der Waals surface area contributed by atoms with Crippen LogP contribution < -0.4 is 15.4 Å². The second kappa shape index (κ2) is 7.22. The quantitative estimate of drug-likeness (QED) is 0.513. The second-order valence-corrected chi connectivity index (χ2v) is 7.08. The van der Waals surface area contributed by atoms with Crippen LogP contribution in [0.25, 0.3) is 16.7 Å². The Balaban J connectivity index is 1.50. The monoisotopic (exact) mass is 440 g/mol. The minimum absolute atomic E-state index is 0.0347. The van der Waals surface area contributed by atoms with E-state index in [0.29, 0.717) is 11.5 Å². The van der Waals surface area contributed by atoms with Crippen molar-refractivity contribution in [1.82, 2.24) is 19.5 Å². The number of pyridine rings is 1. The van der Waals surface area contributed by atoms with Crippen LogP contribution in [0.1, 0.15) is 15.9 Å². The lowest BCUT2D eigenvalue weighted by molar-refractivity contribution is -0.137. The summed E-state index contributed by atoms with van der Waals surface area (Å²) in [6, 6.07) is 9.41. The Kier molecular flexibility index (Phi) is 4.47. The SMILES string of the molecule is Nc1ncnc2c1C(=O)N(c1ccc3c(ccn3-c3ccc(C(F)(F)F)cn3)c1)CCO2. The Bertz CT molecular complexity index is 1330. The molecule has 8 nitrogen and oxygen atoms in total. The van der Waals surface area contributed by atoms with Gasteiger partial charge in [-0.25, -0.2) is 15.0 Å². The number of benzene rings is 1. The zero-order valence-corrected chi connectivity index (χ0v) is 16.4. The fourth-order valence-electron chi connectivity index (χ4n) is 3.60. The van der Waals surface area contributed by atoms with Crippen LogP contribution in [-0.4, -0.2) is 38.6 Å². The maximum absolute atomic E-state index is 13.1. The molecular formula is C21H15F3N6O2. The van der Waals surface area contributed by atoms with Crippen molar-refractivity contribution in [2.45, 2.75) is 6.18 Å². The fourth-order valence-corrected chi connectivity index (χ4v) is 3.60. The Labute approximate surface area is 179 Å². The smallest absolute Gasteiger partial charge is 0.417 e. The summed E-state index contributed by atoms with van der Waals surface area (Å²) in [7, 11) is 0. The molecular weight excluding hydrogens is 425 g/mol. The van der Waals surface area contributed by atoms with Crippen molar-refractivity contribution in [1.29, 1.82) is 0 Å². The van der Waals surface area contributed by atoms with Crippen LogP contribution in [0.15, 0.2) is 55.1 Å². The van der Waals surface area contributed by atoms with Crippen molar-refractivity contribution in [3.05, 3.63) is 66.2 Å². The number of hydrogen-bond donors (Lipinski definition) is 1. The molecule has 32 heavy (non-hydrogen) atoms. The number of ether oxygens (including phenoxy) is 1. The molecule has 1 aliphatic rings. The number of fused-ring (bicyclic) bond motifs is 2.